The van der Waals surface area contributed by atoms with Gasteiger partial charge < -0.3 is 14.2 Å². The van der Waals surface area contributed by atoms with E-state index in [1.165, 1.54) is 5.56 Å². The number of likely N-dealkylation sites (tertiary alicyclic amines) is 1. The van der Waals surface area contributed by atoms with E-state index in [-0.39, 0.29) is 12.0 Å². The summed E-state index contributed by atoms with van der Waals surface area (Å²) in [6, 6.07) is 18.1. The van der Waals surface area contributed by atoms with Gasteiger partial charge in [-0.05, 0) is 36.8 Å². The van der Waals surface area contributed by atoms with Gasteiger partial charge in [0.1, 0.15) is 17.5 Å². The summed E-state index contributed by atoms with van der Waals surface area (Å²) in [4.78, 5) is 14.9. The van der Waals surface area contributed by atoms with E-state index in [1.807, 2.05) is 52.9 Å². The lowest BCUT2D eigenvalue weighted by atomic mass is 10.2. The van der Waals surface area contributed by atoms with E-state index in [0.29, 0.717) is 6.54 Å². The maximum Gasteiger partial charge on any atom is 0.270 e. The third-order valence-corrected chi connectivity index (χ3v) is 4.90. The van der Waals surface area contributed by atoms with Gasteiger partial charge in [0.2, 0.25) is 0 Å². The van der Waals surface area contributed by atoms with Crippen molar-refractivity contribution >= 4 is 16.8 Å². The number of carbonyl (C=O) groups is 1. The zero-order chi connectivity index (χ0) is 17.4. The van der Waals surface area contributed by atoms with E-state index in [1.54, 1.807) is 0 Å². The van der Waals surface area contributed by atoms with Crippen LogP contribution in [0.3, 0.4) is 0 Å². The molecule has 3 aromatic rings. The third kappa shape index (κ3) is 3.00. The molecule has 0 radical (unpaired) electrons. The number of aromatic nitrogens is 1. The summed E-state index contributed by atoms with van der Waals surface area (Å²) >= 11 is 0. The van der Waals surface area contributed by atoms with Crippen LogP contribution >= 0.6 is 0 Å². The molecule has 4 rings (SSSR count). The number of rotatable bonds is 3. The molecule has 4 nitrogen and oxygen atoms in total. The van der Waals surface area contributed by atoms with Gasteiger partial charge in [-0.25, -0.2) is 0 Å². The molecule has 1 fully saturated rings. The quantitative estimate of drug-likeness (QED) is 0.730. The van der Waals surface area contributed by atoms with Crippen LogP contribution in [0.2, 0.25) is 0 Å². The van der Waals surface area contributed by atoms with Crippen LogP contribution in [-0.2, 0) is 7.05 Å². The van der Waals surface area contributed by atoms with Gasteiger partial charge in [0.25, 0.3) is 5.91 Å². The Bertz CT molecular complexity index is 914. The molecule has 0 spiro atoms. The first-order chi connectivity index (χ1) is 12.1. The summed E-state index contributed by atoms with van der Waals surface area (Å²) < 4.78 is 7.99. The normalized spacial score (nSPS) is 17.2. The Hall–Kier alpha value is -2.75. The summed E-state index contributed by atoms with van der Waals surface area (Å²) in [5.74, 6) is 0.942. The highest BCUT2D eigenvalue weighted by atomic mass is 16.5. The molecule has 1 aliphatic heterocycles. The van der Waals surface area contributed by atoms with Crippen molar-refractivity contribution in [1.29, 1.82) is 0 Å². The SMILES string of the molecule is Cc1ccc2cc(C(=O)N3CC[C@@H](Oc4ccccc4)C3)n(C)c2c1. The molecule has 1 saturated heterocycles. The molecule has 1 aromatic heterocycles. The number of ether oxygens (including phenoxy) is 1. The van der Waals surface area contributed by atoms with Crippen molar-refractivity contribution in [3.63, 3.8) is 0 Å². The fourth-order valence-corrected chi connectivity index (χ4v) is 3.51. The maximum absolute atomic E-state index is 13.0. The largest absolute Gasteiger partial charge is 0.489 e. The minimum Gasteiger partial charge on any atom is -0.489 e. The molecular weight excluding hydrogens is 312 g/mol. The first-order valence-corrected chi connectivity index (χ1v) is 8.69. The van der Waals surface area contributed by atoms with Gasteiger partial charge in [-0.3, -0.25) is 4.79 Å². The molecule has 2 aromatic carbocycles. The predicted molar refractivity (Wildman–Crippen MR) is 99.0 cm³/mol. The molecule has 128 valence electrons. The zero-order valence-electron chi connectivity index (χ0n) is 14.6. The fraction of sp³-hybridized carbons (Fsp3) is 0.286. The number of hydrogen-bond donors (Lipinski definition) is 0. The number of aryl methyl sites for hydroxylation is 2. The Morgan fingerprint density at radius 1 is 1.12 bits per heavy atom. The highest BCUT2D eigenvalue weighted by Gasteiger charge is 2.29. The average Bonchev–Trinajstić information content (AvgIpc) is 3.21. The Morgan fingerprint density at radius 2 is 1.92 bits per heavy atom. The lowest BCUT2D eigenvalue weighted by Crippen LogP contribution is -2.32. The Balaban J connectivity index is 1.51. The molecule has 0 saturated carbocycles. The molecule has 0 aliphatic carbocycles. The molecule has 1 amide bonds. The number of carbonyl (C=O) groups excluding carboxylic acids is 1. The molecule has 2 heterocycles. The minimum absolute atomic E-state index is 0.0586. The molecule has 1 aliphatic rings. The number of para-hydroxylation sites is 1. The molecule has 1 atom stereocenters. The monoisotopic (exact) mass is 334 g/mol. The molecular formula is C21H22N2O2. The number of nitrogens with zero attached hydrogens (tertiary/aromatic N) is 2. The summed E-state index contributed by atoms with van der Waals surface area (Å²) in [7, 11) is 1.96. The van der Waals surface area contributed by atoms with E-state index in [0.717, 1.165) is 35.3 Å². The molecule has 0 unspecified atom stereocenters. The van der Waals surface area contributed by atoms with Crippen LogP contribution in [0.15, 0.2) is 54.6 Å². The van der Waals surface area contributed by atoms with Crippen LogP contribution in [-0.4, -0.2) is 34.6 Å². The Morgan fingerprint density at radius 3 is 2.72 bits per heavy atom. The fourth-order valence-electron chi connectivity index (χ4n) is 3.51. The van der Waals surface area contributed by atoms with E-state index in [2.05, 4.69) is 25.1 Å². The molecule has 0 bridgehead atoms. The van der Waals surface area contributed by atoms with Crippen molar-refractivity contribution in [2.24, 2.45) is 7.05 Å². The standard InChI is InChI=1S/C21H22N2O2/c1-15-8-9-16-13-20(22(2)19(16)12-15)21(24)23-11-10-18(14-23)25-17-6-4-3-5-7-17/h3-9,12-13,18H,10-11,14H2,1-2H3/t18-/m1/s1. The van der Waals surface area contributed by atoms with Gasteiger partial charge in [0.05, 0.1) is 6.54 Å². The second-order valence-electron chi connectivity index (χ2n) is 6.74. The van der Waals surface area contributed by atoms with E-state index in [4.69, 9.17) is 4.74 Å². The molecule has 4 heteroatoms. The highest BCUT2D eigenvalue weighted by Crippen LogP contribution is 2.24. The zero-order valence-corrected chi connectivity index (χ0v) is 14.6. The Kier molecular flexibility index (Phi) is 3.96. The van der Waals surface area contributed by atoms with Crippen LogP contribution in [0.1, 0.15) is 22.5 Å². The highest BCUT2D eigenvalue weighted by molar-refractivity contribution is 5.99. The third-order valence-electron chi connectivity index (χ3n) is 4.90. The second kappa shape index (κ2) is 6.28. The maximum atomic E-state index is 13.0. The van der Waals surface area contributed by atoms with Crippen molar-refractivity contribution < 1.29 is 9.53 Å². The molecule has 0 N–H and O–H groups in total. The van der Waals surface area contributed by atoms with Gasteiger partial charge in [-0.2, -0.15) is 0 Å². The summed E-state index contributed by atoms with van der Waals surface area (Å²) in [5.41, 5.74) is 3.03. The number of hydrogen-bond acceptors (Lipinski definition) is 2. The van der Waals surface area contributed by atoms with Crippen LogP contribution in [0, 0.1) is 6.92 Å². The van der Waals surface area contributed by atoms with Crippen LogP contribution in [0.25, 0.3) is 10.9 Å². The van der Waals surface area contributed by atoms with Crippen molar-refractivity contribution in [3.05, 3.63) is 65.9 Å². The van der Waals surface area contributed by atoms with Crippen LogP contribution in [0.5, 0.6) is 5.75 Å². The van der Waals surface area contributed by atoms with E-state index < -0.39 is 0 Å². The van der Waals surface area contributed by atoms with Crippen molar-refractivity contribution in [1.82, 2.24) is 9.47 Å². The Labute approximate surface area is 147 Å². The van der Waals surface area contributed by atoms with Crippen LogP contribution < -0.4 is 4.74 Å². The smallest absolute Gasteiger partial charge is 0.270 e. The van der Waals surface area contributed by atoms with E-state index >= 15 is 0 Å². The van der Waals surface area contributed by atoms with Gasteiger partial charge in [0, 0.05) is 30.9 Å². The van der Waals surface area contributed by atoms with E-state index in [9.17, 15) is 4.79 Å². The minimum atomic E-state index is 0.0586. The van der Waals surface area contributed by atoms with Gasteiger partial charge >= 0.3 is 0 Å². The lowest BCUT2D eigenvalue weighted by molar-refractivity contribution is 0.0763. The van der Waals surface area contributed by atoms with Gasteiger partial charge in [-0.15, -0.1) is 0 Å². The number of amides is 1. The summed E-state index contributed by atoms with van der Waals surface area (Å²) in [6.45, 7) is 3.44. The summed E-state index contributed by atoms with van der Waals surface area (Å²) in [6.07, 6.45) is 0.923. The topological polar surface area (TPSA) is 34.5 Å². The number of benzene rings is 2. The predicted octanol–water partition coefficient (Wildman–Crippen LogP) is 3.78. The summed E-state index contributed by atoms with van der Waals surface area (Å²) in [5, 5.41) is 1.10. The second-order valence-corrected chi connectivity index (χ2v) is 6.74. The average molecular weight is 334 g/mol. The van der Waals surface area contributed by atoms with Crippen LogP contribution in [0.4, 0.5) is 0 Å². The first kappa shape index (κ1) is 15.8. The van der Waals surface area contributed by atoms with Gasteiger partial charge in [-0.1, -0.05) is 30.3 Å². The first-order valence-electron chi connectivity index (χ1n) is 8.69. The lowest BCUT2D eigenvalue weighted by Gasteiger charge is -2.17. The van der Waals surface area contributed by atoms with Crippen molar-refractivity contribution in [2.45, 2.75) is 19.4 Å². The number of fused-ring (bicyclic) bond motifs is 1. The van der Waals surface area contributed by atoms with Crippen molar-refractivity contribution in [3.8, 4) is 5.75 Å². The van der Waals surface area contributed by atoms with Crippen molar-refractivity contribution in [2.75, 3.05) is 13.1 Å². The molecule has 25 heavy (non-hydrogen) atoms. The van der Waals surface area contributed by atoms with Gasteiger partial charge in [0.15, 0.2) is 0 Å².